The van der Waals surface area contributed by atoms with Gasteiger partial charge in [0.15, 0.2) is 10.7 Å². The van der Waals surface area contributed by atoms with E-state index in [1.807, 2.05) is 61.5 Å². The predicted octanol–water partition coefficient (Wildman–Crippen LogP) is 3.22. The summed E-state index contributed by atoms with van der Waals surface area (Å²) in [6, 6.07) is 17.3. The van der Waals surface area contributed by atoms with Crippen LogP contribution >= 0.6 is 11.8 Å². The molecule has 0 bridgehead atoms. The van der Waals surface area contributed by atoms with Gasteiger partial charge in [-0.15, -0.1) is 0 Å². The van der Waals surface area contributed by atoms with Gasteiger partial charge in [0, 0.05) is 12.7 Å². The molecule has 0 fully saturated rings. The number of carbonyl (C=O) groups is 1. The van der Waals surface area contributed by atoms with E-state index in [9.17, 15) is 9.59 Å². The van der Waals surface area contributed by atoms with Crippen LogP contribution in [0.4, 0.5) is 5.69 Å². The number of thioether (sulfide) groups is 1. The van der Waals surface area contributed by atoms with E-state index in [1.54, 1.807) is 17.8 Å². The molecule has 2 heterocycles. The molecule has 2 aromatic heterocycles. The summed E-state index contributed by atoms with van der Waals surface area (Å²) in [5, 5.41) is 7.53. The van der Waals surface area contributed by atoms with Crippen LogP contribution in [0.1, 0.15) is 11.1 Å². The summed E-state index contributed by atoms with van der Waals surface area (Å²) in [6.45, 7) is 2.34. The van der Waals surface area contributed by atoms with Crippen molar-refractivity contribution in [3.8, 4) is 0 Å². The Labute approximate surface area is 177 Å². The highest BCUT2D eigenvalue weighted by Crippen LogP contribution is 2.19. The zero-order valence-electron chi connectivity index (χ0n) is 16.7. The number of fused-ring (bicyclic) bond motifs is 1. The Morgan fingerprint density at radius 2 is 1.93 bits per heavy atom. The predicted molar refractivity (Wildman–Crippen MR) is 119 cm³/mol. The van der Waals surface area contributed by atoms with Gasteiger partial charge >= 0.3 is 0 Å². The molecule has 4 aromatic rings. The second-order valence-corrected chi connectivity index (χ2v) is 7.92. The number of aryl methyl sites for hydroxylation is 2. The van der Waals surface area contributed by atoms with Gasteiger partial charge in [0.1, 0.15) is 5.52 Å². The van der Waals surface area contributed by atoms with Crippen molar-refractivity contribution in [1.29, 1.82) is 0 Å². The van der Waals surface area contributed by atoms with E-state index in [2.05, 4.69) is 15.4 Å². The minimum Gasteiger partial charge on any atom is -0.325 e. The molecule has 0 spiro atoms. The zero-order valence-corrected chi connectivity index (χ0v) is 17.5. The number of anilines is 1. The summed E-state index contributed by atoms with van der Waals surface area (Å²) in [7, 11) is 1.72. The molecule has 1 N–H and O–H groups in total. The van der Waals surface area contributed by atoms with Crippen LogP contribution in [0.5, 0.6) is 0 Å². The molecule has 0 atom stereocenters. The van der Waals surface area contributed by atoms with E-state index >= 15 is 0 Å². The van der Waals surface area contributed by atoms with E-state index in [-0.39, 0.29) is 17.2 Å². The Bertz CT molecular complexity index is 1260. The first kappa shape index (κ1) is 19.9. The number of hydrogen-bond donors (Lipinski definition) is 1. The van der Waals surface area contributed by atoms with E-state index in [0.717, 1.165) is 16.8 Å². The third-order valence-electron chi connectivity index (χ3n) is 4.63. The van der Waals surface area contributed by atoms with Gasteiger partial charge < -0.3 is 5.32 Å². The lowest BCUT2D eigenvalue weighted by atomic mass is 10.2. The van der Waals surface area contributed by atoms with Crippen LogP contribution in [0, 0.1) is 6.92 Å². The molecule has 1 amide bonds. The summed E-state index contributed by atoms with van der Waals surface area (Å²) in [4.78, 5) is 30.2. The molecule has 30 heavy (non-hydrogen) atoms. The number of amides is 1. The van der Waals surface area contributed by atoms with Crippen molar-refractivity contribution in [2.45, 2.75) is 18.6 Å². The van der Waals surface area contributed by atoms with Crippen LogP contribution in [0.3, 0.4) is 0 Å². The van der Waals surface area contributed by atoms with Crippen molar-refractivity contribution in [3.05, 3.63) is 82.3 Å². The van der Waals surface area contributed by atoms with Gasteiger partial charge in [0.05, 0.1) is 18.5 Å². The minimum atomic E-state index is -0.176. The number of benzene rings is 2. The number of nitrogens with zero attached hydrogens (tertiary/aromatic N) is 4. The highest BCUT2D eigenvalue weighted by atomic mass is 32.2. The maximum absolute atomic E-state index is 13.2. The standard InChI is InChI=1S/C22H21N5O2S/c1-15-7-6-10-17(11-15)24-19(28)14-30-22-25-18-12-23-26(2)20(18)21(29)27(22)13-16-8-4-3-5-9-16/h3-12H,13-14H2,1-2H3,(H,24,28). The summed E-state index contributed by atoms with van der Waals surface area (Å²) in [5.74, 6) is -0.0154. The Hall–Kier alpha value is -3.39. The van der Waals surface area contributed by atoms with E-state index in [4.69, 9.17) is 0 Å². The van der Waals surface area contributed by atoms with Gasteiger partial charge in [-0.3, -0.25) is 18.8 Å². The van der Waals surface area contributed by atoms with Crippen molar-refractivity contribution >= 4 is 34.4 Å². The molecule has 152 valence electrons. The number of rotatable bonds is 6. The first-order chi connectivity index (χ1) is 14.5. The largest absolute Gasteiger partial charge is 0.325 e. The molecule has 0 saturated carbocycles. The van der Waals surface area contributed by atoms with Crippen molar-refractivity contribution < 1.29 is 4.79 Å². The normalized spacial score (nSPS) is 11.0. The Kier molecular flexibility index (Phi) is 5.67. The molecular weight excluding hydrogens is 398 g/mol. The fraction of sp³-hybridized carbons (Fsp3) is 0.182. The molecule has 0 unspecified atom stereocenters. The Morgan fingerprint density at radius 1 is 1.13 bits per heavy atom. The molecule has 0 aliphatic heterocycles. The Balaban J connectivity index is 1.61. The van der Waals surface area contributed by atoms with E-state index in [0.29, 0.717) is 22.7 Å². The van der Waals surface area contributed by atoms with E-state index in [1.165, 1.54) is 16.4 Å². The fourth-order valence-corrected chi connectivity index (χ4v) is 4.00. The molecule has 4 rings (SSSR count). The molecule has 0 saturated heterocycles. The quantitative estimate of drug-likeness (QED) is 0.383. The summed E-state index contributed by atoms with van der Waals surface area (Å²) in [5.41, 5.74) is 3.59. The zero-order chi connectivity index (χ0) is 21.1. The molecule has 2 aromatic carbocycles. The lowest BCUT2D eigenvalue weighted by Gasteiger charge is -2.12. The molecule has 0 radical (unpaired) electrons. The first-order valence-corrected chi connectivity index (χ1v) is 10.5. The van der Waals surface area contributed by atoms with Gasteiger partial charge in [-0.1, -0.05) is 54.2 Å². The number of carbonyl (C=O) groups excluding carboxylic acids is 1. The van der Waals surface area contributed by atoms with Gasteiger partial charge in [-0.05, 0) is 30.2 Å². The van der Waals surface area contributed by atoms with Gasteiger partial charge in [0.2, 0.25) is 5.91 Å². The van der Waals surface area contributed by atoms with Crippen molar-refractivity contribution in [2.24, 2.45) is 7.05 Å². The van der Waals surface area contributed by atoms with E-state index < -0.39 is 0 Å². The van der Waals surface area contributed by atoms with Gasteiger partial charge in [0.25, 0.3) is 5.56 Å². The molecule has 7 nitrogen and oxygen atoms in total. The lowest BCUT2D eigenvalue weighted by molar-refractivity contribution is -0.113. The maximum Gasteiger partial charge on any atom is 0.280 e. The fourth-order valence-electron chi connectivity index (χ4n) is 3.20. The van der Waals surface area contributed by atoms with Crippen LogP contribution in [0.2, 0.25) is 0 Å². The Morgan fingerprint density at radius 3 is 2.70 bits per heavy atom. The first-order valence-electron chi connectivity index (χ1n) is 9.47. The van der Waals surface area contributed by atoms with Crippen LogP contribution in [-0.4, -0.2) is 31.0 Å². The van der Waals surface area contributed by atoms with Crippen LogP contribution in [0.25, 0.3) is 11.0 Å². The van der Waals surface area contributed by atoms with Crippen LogP contribution in [0.15, 0.2) is 70.7 Å². The van der Waals surface area contributed by atoms with Crippen molar-refractivity contribution in [2.75, 3.05) is 11.1 Å². The maximum atomic E-state index is 13.2. The molecule has 0 aliphatic carbocycles. The third-order valence-corrected chi connectivity index (χ3v) is 5.61. The second-order valence-electron chi connectivity index (χ2n) is 6.98. The summed E-state index contributed by atoms with van der Waals surface area (Å²) in [6.07, 6.45) is 1.57. The summed E-state index contributed by atoms with van der Waals surface area (Å²) >= 11 is 1.24. The van der Waals surface area contributed by atoms with Crippen molar-refractivity contribution in [3.63, 3.8) is 0 Å². The lowest BCUT2D eigenvalue weighted by Crippen LogP contribution is -2.26. The molecule has 8 heteroatoms. The molecule has 0 aliphatic rings. The van der Waals surface area contributed by atoms with Crippen LogP contribution in [-0.2, 0) is 18.4 Å². The number of aromatic nitrogens is 4. The smallest absolute Gasteiger partial charge is 0.280 e. The topological polar surface area (TPSA) is 81.8 Å². The highest BCUT2D eigenvalue weighted by Gasteiger charge is 2.16. The highest BCUT2D eigenvalue weighted by molar-refractivity contribution is 7.99. The van der Waals surface area contributed by atoms with Gasteiger partial charge in [-0.2, -0.15) is 5.10 Å². The summed E-state index contributed by atoms with van der Waals surface area (Å²) < 4.78 is 3.13. The average molecular weight is 420 g/mol. The number of hydrogen-bond acceptors (Lipinski definition) is 5. The third kappa shape index (κ3) is 4.28. The number of nitrogens with one attached hydrogen (secondary N) is 1. The van der Waals surface area contributed by atoms with Gasteiger partial charge in [-0.25, -0.2) is 4.98 Å². The minimum absolute atomic E-state index is 0.140. The monoisotopic (exact) mass is 419 g/mol. The van der Waals surface area contributed by atoms with Crippen LogP contribution < -0.4 is 10.9 Å². The van der Waals surface area contributed by atoms with Crippen molar-refractivity contribution in [1.82, 2.24) is 19.3 Å². The SMILES string of the molecule is Cc1cccc(NC(=O)CSc2nc3cnn(C)c3c(=O)n2Cc2ccccc2)c1. The average Bonchev–Trinajstić information content (AvgIpc) is 3.10. The molecular formula is C22H21N5O2S. The second kappa shape index (κ2) is 8.54.